The number of nitrogens with one attached hydrogen (secondary N) is 1. The molecule has 0 radical (unpaired) electrons. The molecule has 0 heterocycles. The Labute approximate surface area is 111 Å². The molecule has 98 valence electrons. The molecule has 18 heavy (non-hydrogen) atoms. The predicted octanol–water partition coefficient (Wildman–Crippen LogP) is 3.12. The van der Waals surface area contributed by atoms with E-state index in [9.17, 15) is 9.59 Å². The molecule has 1 amide bonds. The van der Waals surface area contributed by atoms with Crippen LogP contribution in [0, 0.1) is 0 Å². The van der Waals surface area contributed by atoms with Crippen LogP contribution in [-0.2, 0) is 4.79 Å². The highest BCUT2D eigenvalue weighted by atomic mass is 35.5. The highest BCUT2D eigenvalue weighted by Gasteiger charge is 2.04. The number of unbranched alkanes of at least 4 members (excludes halogenated alkanes) is 2. The minimum absolute atomic E-state index is 0.0624. The van der Waals surface area contributed by atoms with Gasteiger partial charge in [0.1, 0.15) is 0 Å². The van der Waals surface area contributed by atoms with E-state index in [0.29, 0.717) is 18.0 Å². The van der Waals surface area contributed by atoms with Crippen molar-refractivity contribution < 1.29 is 14.7 Å². The van der Waals surface area contributed by atoms with Crippen LogP contribution in [0.3, 0.4) is 0 Å². The quantitative estimate of drug-likeness (QED) is 0.590. The van der Waals surface area contributed by atoms with Crippen molar-refractivity contribution in [3.05, 3.63) is 29.8 Å². The van der Waals surface area contributed by atoms with Crippen LogP contribution in [0.4, 0.5) is 5.69 Å². The first-order chi connectivity index (χ1) is 8.63. The van der Waals surface area contributed by atoms with Gasteiger partial charge in [0.25, 0.3) is 0 Å². The third-order valence-electron chi connectivity index (χ3n) is 2.45. The Morgan fingerprint density at radius 2 is 1.78 bits per heavy atom. The van der Waals surface area contributed by atoms with Crippen molar-refractivity contribution in [1.82, 2.24) is 0 Å². The second-order valence-corrected chi connectivity index (χ2v) is 4.31. The summed E-state index contributed by atoms with van der Waals surface area (Å²) >= 11 is 5.54. The number of anilines is 1. The molecule has 1 rings (SSSR count). The Morgan fingerprint density at radius 3 is 2.33 bits per heavy atom. The van der Waals surface area contributed by atoms with Gasteiger partial charge in [-0.15, -0.1) is 11.6 Å². The number of rotatable bonds is 7. The lowest BCUT2D eigenvalue weighted by Gasteiger charge is -2.05. The smallest absolute Gasteiger partial charge is 0.335 e. The topological polar surface area (TPSA) is 66.4 Å². The van der Waals surface area contributed by atoms with Crippen LogP contribution in [0.15, 0.2) is 24.3 Å². The molecule has 0 fully saturated rings. The van der Waals surface area contributed by atoms with Crippen LogP contribution >= 0.6 is 11.6 Å². The number of benzene rings is 1. The summed E-state index contributed by atoms with van der Waals surface area (Å²) in [4.78, 5) is 22.2. The van der Waals surface area contributed by atoms with Crippen molar-refractivity contribution in [3.63, 3.8) is 0 Å². The van der Waals surface area contributed by atoms with Crippen molar-refractivity contribution >= 4 is 29.2 Å². The maximum absolute atomic E-state index is 11.5. The number of carboxylic acid groups (broad SMARTS) is 1. The number of halogens is 1. The van der Waals surface area contributed by atoms with Gasteiger partial charge in [0.2, 0.25) is 5.91 Å². The molecule has 0 saturated carbocycles. The van der Waals surface area contributed by atoms with Crippen molar-refractivity contribution in [2.75, 3.05) is 11.2 Å². The lowest BCUT2D eigenvalue weighted by Crippen LogP contribution is -2.11. The number of aromatic carboxylic acids is 1. The van der Waals surface area contributed by atoms with E-state index >= 15 is 0 Å². The van der Waals surface area contributed by atoms with E-state index in [-0.39, 0.29) is 11.5 Å². The third kappa shape index (κ3) is 5.19. The molecule has 2 N–H and O–H groups in total. The molecule has 0 bridgehead atoms. The first kappa shape index (κ1) is 14.5. The zero-order valence-corrected chi connectivity index (χ0v) is 10.7. The van der Waals surface area contributed by atoms with Crippen LogP contribution < -0.4 is 5.32 Å². The molecular weight excluding hydrogens is 254 g/mol. The number of carbonyl (C=O) groups excluding carboxylic acids is 1. The first-order valence-electron chi connectivity index (χ1n) is 5.82. The second kappa shape index (κ2) is 7.71. The molecule has 0 aromatic heterocycles. The van der Waals surface area contributed by atoms with E-state index in [1.54, 1.807) is 12.1 Å². The minimum Gasteiger partial charge on any atom is -0.478 e. The average Bonchev–Trinajstić information content (AvgIpc) is 2.35. The van der Waals surface area contributed by atoms with Gasteiger partial charge in [-0.25, -0.2) is 4.79 Å². The van der Waals surface area contributed by atoms with Crippen LogP contribution in [0.2, 0.25) is 0 Å². The fourth-order valence-corrected chi connectivity index (χ4v) is 1.67. The second-order valence-electron chi connectivity index (χ2n) is 3.93. The van der Waals surface area contributed by atoms with E-state index < -0.39 is 5.97 Å². The standard InChI is InChI=1S/C13H16ClNO3/c14-9-3-1-2-4-12(16)15-11-7-5-10(6-8-11)13(17)18/h5-8H,1-4,9H2,(H,15,16)(H,17,18). The summed E-state index contributed by atoms with van der Waals surface area (Å²) in [5.41, 5.74) is 0.817. The Hall–Kier alpha value is -1.55. The van der Waals surface area contributed by atoms with Gasteiger partial charge >= 0.3 is 5.97 Å². The number of hydrogen-bond donors (Lipinski definition) is 2. The monoisotopic (exact) mass is 269 g/mol. The normalized spacial score (nSPS) is 10.1. The third-order valence-corrected chi connectivity index (χ3v) is 2.72. The molecule has 0 aliphatic carbocycles. The summed E-state index contributed by atoms with van der Waals surface area (Å²) in [7, 11) is 0. The summed E-state index contributed by atoms with van der Waals surface area (Å²) in [5.74, 6) is -0.417. The van der Waals surface area contributed by atoms with Gasteiger partial charge in [-0.3, -0.25) is 4.79 Å². The first-order valence-corrected chi connectivity index (χ1v) is 6.36. The van der Waals surface area contributed by atoms with Gasteiger partial charge in [0.05, 0.1) is 5.56 Å². The number of amides is 1. The van der Waals surface area contributed by atoms with Crippen molar-refractivity contribution in [2.24, 2.45) is 0 Å². The average molecular weight is 270 g/mol. The molecule has 1 aromatic carbocycles. The summed E-state index contributed by atoms with van der Waals surface area (Å²) in [5, 5.41) is 11.4. The highest BCUT2D eigenvalue weighted by molar-refractivity contribution is 6.17. The van der Waals surface area contributed by atoms with Crippen LogP contribution in [-0.4, -0.2) is 22.9 Å². The lowest BCUT2D eigenvalue weighted by molar-refractivity contribution is -0.116. The largest absolute Gasteiger partial charge is 0.478 e. The van der Waals surface area contributed by atoms with Crippen molar-refractivity contribution in [1.29, 1.82) is 0 Å². The minimum atomic E-state index is -0.978. The Bertz CT molecular complexity index is 403. The zero-order valence-electron chi connectivity index (χ0n) is 9.99. The molecule has 0 spiro atoms. The van der Waals surface area contributed by atoms with Crippen LogP contribution in [0.5, 0.6) is 0 Å². The van der Waals surface area contributed by atoms with Gasteiger partial charge < -0.3 is 10.4 Å². The number of carbonyl (C=O) groups is 2. The molecule has 1 aromatic rings. The van der Waals surface area contributed by atoms with Crippen LogP contribution in [0.1, 0.15) is 36.0 Å². The molecule has 0 atom stereocenters. The maximum atomic E-state index is 11.5. The van der Waals surface area contributed by atoms with Gasteiger partial charge in [-0.1, -0.05) is 6.42 Å². The fraction of sp³-hybridized carbons (Fsp3) is 0.385. The van der Waals surface area contributed by atoms with Gasteiger partial charge in [-0.05, 0) is 37.1 Å². The van der Waals surface area contributed by atoms with E-state index in [1.807, 2.05) is 0 Å². The Morgan fingerprint density at radius 1 is 1.11 bits per heavy atom. The molecule has 0 aliphatic rings. The van der Waals surface area contributed by atoms with E-state index in [4.69, 9.17) is 16.7 Å². The van der Waals surface area contributed by atoms with E-state index in [0.717, 1.165) is 19.3 Å². The van der Waals surface area contributed by atoms with E-state index in [1.165, 1.54) is 12.1 Å². The zero-order chi connectivity index (χ0) is 13.4. The van der Waals surface area contributed by atoms with Crippen molar-refractivity contribution in [3.8, 4) is 0 Å². The van der Waals surface area contributed by atoms with E-state index in [2.05, 4.69) is 5.32 Å². The predicted molar refractivity (Wildman–Crippen MR) is 71.2 cm³/mol. The number of alkyl halides is 1. The molecule has 0 unspecified atom stereocenters. The van der Waals surface area contributed by atoms with Crippen molar-refractivity contribution in [2.45, 2.75) is 25.7 Å². The SMILES string of the molecule is O=C(CCCCCCl)Nc1ccc(C(=O)O)cc1. The lowest BCUT2D eigenvalue weighted by atomic mass is 10.2. The summed E-state index contributed by atoms with van der Waals surface area (Å²) in [6.07, 6.45) is 3.13. The van der Waals surface area contributed by atoms with Gasteiger partial charge in [-0.2, -0.15) is 0 Å². The maximum Gasteiger partial charge on any atom is 0.335 e. The molecule has 5 heteroatoms. The van der Waals surface area contributed by atoms with Gasteiger partial charge in [0.15, 0.2) is 0 Å². The Balaban J connectivity index is 2.37. The highest BCUT2D eigenvalue weighted by Crippen LogP contribution is 2.11. The number of carboxylic acids is 1. The summed E-state index contributed by atoms with van der Waals surface area (Å²) in [6, 6.07) is 6.09. The summed E-state index contributed by atoms with van der Waals surface area (Å²) in [6.45, 7) is 0. The molecule has 0 aliphatic heterocycles. The summed E-state index contributed by atoms with van der Waals surface area (Å²) < 4.78 is 0. The molecule has 0 saturated heterocycles. The van der Waals surface area contributed by atoms with Gasteiger partial charge in [0, 0.05) is 18.0 Å². The Kier molecular flexibility index (Phi) is 6.22. The fourth-order valence-electron chi connectivity index (χ4n) is 1.48. The number of hydrogen-bond acceptors (Lipinski definition) is 2. The molecule has 4 nitrogen and oxygen atoms in total. The van der Waals surface area contributed by atoms with Crippen LogP contribution in [0.25, 0.3) is 0 Å². The molecular formula is C13H16ClNO3.